The number of hydrogen-bond acceptors (Lipinski definition) is 3. The third kappa shape index (κ3) is 3.52. The Balaban J connectivity index is 1.71. The third-order valence-corrected chi connectivity index (χ3v) is 4.05. The normalized spacial score (nSPS) is 16.0. The van der Waals surface area contributed by atoms with E-state index in [0.29, 0.717) is 37.4 Å². The highest BCUT2D eigenvalue weighted by molar-refractivity contribution is 5.74. The number of halogens is 1. The van der Waals surface area contributed by atoms with Crippen molar-refractivity contribution in [2.24, 2.45) is 5.92 Å². The molecule has 0 aromatic heterocycles. The Bertz CT molecular complexity index is 697. The van der Waals surface area contributed by atoms with Gasteiger partial charge in [0.25, 0.3) is 0 Å². The molecule has 0 heterocycles. The molecule has 120 valence electrons. The summed E-state index contributed by atoms with van der Waals surface area (Å²) >= 11 is 0. The first kappa shape index (κ1) is 15.5. The molecule has 0 bridgehead atoms. The summed E-state index contributed by atoms with van der Waals surface area (Å²) in [6, 6.07) is 13.0. The molecule has 0 aliphatic heterocycles. The molecule has 3 rings (SSSR count). The van der Waals surface area contributed by atoms with Crippen molar-refractivity contribution < 1.29 is 18.7 Å². The van der Waals surface area contributed by atoms with Crippen LogP contribution in [0.15, 0.2) is 42.5 Å². The van der Waals surface area contributed by atoms with Gasteiger partial charge in [0, 0.05) is 6.07 Å². The second kappa shape index (κ2) is 6.82. The lowest BCUT2D eigenvalue weighted by atomic mass is 10.1. The molecule has 2 aromatic rings. The van der Waals surface area contributed by atoms with Crippen LogP contribution < -0.4 is 4.74 Å². The summed E-state index contributed by atoms with van der Waals surface area (Å²) in [7, 11) is 0. The molecule has 0 radical (unpaired) electrons. The van der Waals surface area contributed by atoms with Crippen molar-refractivity contribution in [3.8, 4) is 5.75 Å². The lowest BCUT2D eigenvalue weighted by molar-refractivity contribution is -0.147. The molecule has 1 aliphatic carbocycles. The van der Waals surface area contributed by atoms with Crippen molar-refractivity contribution in [1.82, 2.24) is 0 Å². The Labute approximate surface area is 135 Å². The fraction of sp³-hybridized carbons (Fsp3) is 0.316. The van der Waals surface area contributed by atoms with Gasteiger partial charge in [0.05, 0.1) is 12.5 Å². The molecule has 0 spiro atoms. The molecule has 0 fully saturated rings. The highest BCUT2D eigenvalue weighted by atomic mass is 19.1. The van der Waals surface area contributed by atoms with E-state index in [4.69, 9.17) is 9.47 Å². The summed E-state index contributed by atoms with van der Waals surface area (Å²) in [5.41, 5.74) is 2.47. The van der Waals surface area contributed by atoms with Crippen LogP contribution in [0.4, 0.5) is 4.39 Å². The van der Waals surface area contributed by atoms with Gasteiger partial charge in [0.15, 0.2) is 0 Å². The average Bonchev–Trinajstić information content (AvgIpc) is 2.99. The number of ether oxygens (including phenoxy) is 2. The first-order valence-electron chi connectivity index (χ1n) is 7.82. The monoisotopic (exact) mass is 314 g/mol. The fourth-order valence-electron chi connectivity index (χ4n) is 2.91. The van der Waals surface area contributed by atoms with E-state index in [-0.39, 0.29) is 17.7 Å². The van der Waals surface area contributed by atoms with Crippen LogP contribution in [-0.4, -0.2) is 12.6 Å². The third-order valence-electron chi connectivity index (χ3n) is 4.05. The van der Waals surface area contributed by atoms with Crippen LogP contribution >= 0.6 is 0 Å². The van der Waals surface area contributed by atoms with E-state index in [0.717, 1.165) is 11.1 Å². The van der Waals surface area contributed by atoms with Crippen molar-refractivity contribution in [1.29, 1.82) is 0 Å². The van der Waals surface area contributed by atoms with Crippen molar-refractivity contribution in [3.63, 3.8) is 0 Å². The zero-order chi connectivity index (χ0) is 16.2. The molecule has 0 N–H and O–H groups in total. The highest BCUT2D eigenvalue weighted by Crippen LogP contribution is 2.33. The van der Waals surface area contributed by atoms with Gasteiger partial charge in [-0.05, 0) is 42.5 Å². The lowest BCUT2D eigenvalue weighted by Crippen LogP contribution is -2.17. The van der Waals surface area contributed by atoms with Gasteiger partial charge in [-0.25, -0.2) is 4.39 Å². The topological polar surface area (TPSA) is 35.5 Å². The van der Waals surface area contributed by atoms with Gasteiger partial charge < -0.3 is 9.47 Å². The van der Waals surface area contributed by atoms with Crippen LogP contribution in [-0.2, 0) is 29.0 Å². The van der Waals surface area contributed by atoms with Crippen LogP contribution in [0.3, 0.4) is 0 Å². The number of hydrogen-bond donors (Lipinski definition) is 0. The molecule has 1 unspecified atom stereocenters. The summed E-state index contributed by atoms with van der Waals surface area (Å²) in [4.78, 5) is 11.8. The van der Waals surface area contributed by atoms with Crippen LogP contribution in [0.1, 0.15) is 23.6 Å². The van der Waals surface area contributed by atoms with Gasteiger partial charge in [-0.15, -0.1) is 0 Å². The summed E-state index contributed by atoms with van der Waals surface area (Å²) in [6.07, 6.45) is 0.909. The number of fused-ring (bicyclic) bond motifs is 1. The minimum absolute atomic E-state index is 0.255. The van der Waals surface area contributed by atoms with E-state index in [2.05, 4.69) is 0 Å². The Morgan fingerprint density at radius 1 is 1.22 bits per heavy atom. The molecule has 4 heteroatoms. The van der Waals surface area contributed by atoms with Gasteiger partial charge in [-0.3, -0.25) is 4.79 Å². The second-order valence-corrected chi connectivity index (χ2v) is 5.67. The molecule has 1 atom stereocenters. The predicted octanol–water partition coefficient (Wildman–Crippen LogP) is 3.68. The zero-order valence-corrected chi connectivity index (χ0v) is 13.0. The van der Waals surface area contributed by atoms with E-state index >= 15 is 0 Å². The van der Waals surface area contributed by atoms with Gasteiger partial charge in [-0.1, -0.05) is 30.3 Å². The molecule has 3 nitrogen and oxygen atoms in total. The maximum absolute atomic E-state index is 14.3. The molecule has 0 saturated carbocycles. The van der Waals surface area contributed by atoms with Gasteiger partial charge in [0.2, 0.25) is 0 Å². The number of esters is 1. The van der Waals surface area contributed by atoms with Gasteiger partial charge in [0.1, 0.15) is 18.2 Å². The largest absolute Gasteiger partial charge is 0.489 e. The minimum atomic E-state index is -0.308. The van der Waals surface area contributed by atoms with Crippen molar-refractivity contribution >= 4 is 5.97 Å². The SMILES string of the molecule is CCOC(=O)C1Cc2cc(OCc3ccccc3)cc(F)c2C1. The number of carbonyl (C=O) groups is 1. The van der Waals surface area contributed by atoms with Crippen LogP contribution in [0.5, 0.6) is 5.75 Å². The van der Waals surface area contributed by atoms with E-state index in [1.807, 2.05) is 36.4 Å². The van der Waals surface area contributed by atoms with Crippen molar-refractivity contribution in [2.75, 3.05) is 6.61 Å². The molecule has 2 aromatic carbocycles. The predicted molar refractivity (Wildman–Crippen MR) is 84.7 cm³/mol. The highest BCUT2D eigenvalue weighted by Gasteiger charge is 2.31. The maximum Gasteiger partial charge on any atom is 0.309 e. The summed E-state index contributed by atoms with van der Waals surface area (Å²) in [5.74, 6) is -0.356. The summed E-state index contributed by atoms with van der Waals surface area (Å²) < 4.78 is 25.0. The van der Waals surface area contributed by atoms with Crippen LogP contribution in [0, 0.1) is 11.7 Å². The molecule has 1 aliphatic rings. The molecular formula is C19H19FO3. The standard InChI is InChI=1S/C19H19FO3/c1-2-22-19(21)15-8-14-9-16(11-18(20)17(14)10-15)23-12-13-6-4-3-5-7-13/h3-7,9,11,15H,2,8,10,12H2,1H3. The molecule has 23 heavy (non-hydrogen) atoms. The Morgan fingerprint density at radius 2 is 2.00 bits per heavy atom. The van der Waals surface area contributed by atoms with Crippen molar-refractivity contribution in [3.05, 3.63) is 65.0 Å². The second-order valence-electron chi connectivity index (χ2n) is 5.67. The quantitative estimate of drug-likeness (QED) is 0.790. The Morgan fingerprint density at radius 3 is 2.74 bits per heavy atom. The summed E-state index contributed by atoms with van der Waals surface area (Å²) in [6.45, 7) is 2.51. The minimum Gasteiger partial charge on any atom is -0.489 e. The average molecular weight is 314 g/mol. The first-order valence-corrected chi connectivity index (χ1v) is 7.82. The fourth-order valence-corrected chi connectivity index (χ4v) is 2.91. The van der Waals surface area contributed by atoms with Crippen LogP contribution in [0.2, 0.25) is 0 Å². The van der Waals surface area contributed by atoms with Gasteiger partial charge in [-0.2, -0.15) is 0 Å². The first-order chi connectivity index (χ1) is 11.2. The molecular weight excluding hydrogens is 295 g/mol. The zero-order valence-electron chi connectivity index (χ0n) is 13.0. The smallest absolute Gasteiger partial charge is 0.309 e. The summed E-state index contributed by atoms with van der Waals surface area (Å²) in [5, 5.41) is 0. The maximum atomic E-state index is 14.3. The number of carbonyl (C=O) groups excluding carboxylic acids is 1. The van der Waals surface area contributed by atoms with E-state index < -0.39 is 0 Å². The van der Waals surface area contributed by atoms with E-state index in [9.17, 15) is 9.18 Å². The van der Waals surface area contributed by atoms with E-state index in [1.54, 1.807) is 6.92 Å². The molecule has 0 amide bonds. The van der Waals surface area contributed by atoms with Crippen molar-refractivity contribution in [2.45, 2.75) is 26.4 Å². The van der Waals surface area contributed by atoms with E-state index in [1.165, 1.54) is 6.07 Å². The number of benzene rings is 2. The van der Waals surface area contributed by atoms with Gasteiger partial charge >= 0.3 is 5.97 Å². The van der Waals surface area contributed by atoms with Crippen LogP contribution in [0.25, 0.3) is 0 Å². The Kier molecular flexibility index (Phi) is 4.60. The Hall–Kier alpha value is -2.36. The number of rotatable bonds is 5. The molecule has 0 saturated heterocycles. The lowest BCUT2D eigenvalue weighted by Gasteiger charge is -2.09.